The van der Waals surface area contributed by atoms with E-state index >= 15 is 0 Å². The third-order valence-electron chi connectivity index (χ3n) is 1.85. The molecule has 0 spiro atoms. The van der Waals surface area contributed by atoms with Gasteiger partial charge in [0.2, 0.25) is 0 Å². The number of ether oxygens (including phenoxy) is 4. The van der Waals surface area contributed by atoms with Crippen LogP contribution in [0.1, 0.15) is 40.5 Å². The lowest BCUT2D eigenvalue weighted by Gasteiger charge is -2.02. The van der Waals surface area contributed by atoms with Crippen LogP contribution >= 0.6 is 0 Å². The van der Waals surface area contributed by atoms with Crippen LogP contribution in [-0.2, 0) is 18.9 Å². The third-order valence-corrected chi connectivity index (χ3v) is 1.85. The Labute approximate surface area is 113 Å². The molecule has 4 heteroatoms. The van der Waals surface area contributed by atoms with E-state index in [0.717, 1.165) is 65.7 Å². The third kappa shape index (κ3) is 24.9. The van der Waals surface area contributed by atoms with E-state index in [4.69, 9.17) is 18.9 Å². The van der Waals surface area contributed by atoms with E-state index in [1.165, 1.54) is 0 Å². The highest BCUT2D eigenvalue weighted by atomic mass is 16.5. The van der Waals surface area contributed by atoms with Crippen molar-refractivity contribution in [3.05, 3.63) is 0 Å². The van der Waals surface area contributed by atoms with Crippen LogP contribution in [-0.4, -0.2) is 52.9 Å². The van der Waals surface area contributed by atoms with E-state index in [-0.39, 0.29) is 0 Å². The molecule has 0 rings (SSSR count). The molecule has 0 saturated carbocycles. The van der Waals surface area contributed by atoms with Gasteiger partial charge in [-0.2, -0.15) is 0 Å². The Morgan fingerprint density at radius 3 is 1.06 bits per heavy atom. The Bertz CT molecular complexity index is 106. The van der Waals surface area contributed by atoms with Crippen LogP contribution in [0.4, 0.5) is 0 Å². The molecule has 0 aliphatic heterocycles. The minimum atomic E-state index is 0.727. The summed E-state index contributed by atoms with van der Waals surface area (Å²) in [7, 11) is 0. The fourth-order valence-corrected chi connectivity index (χ4v) is 1.02. The van der Waals surface area contributed by atoms with Crippen LogP contribution in [0.2, 0.25) is 0 Å². The average molecular weight is 264 g/mol. The number of hydrogen-bond donors (Lipinski definition) is 0. The Morgan fingerprint density at radius 2 is 0.778 bits per heavy atom. The number of rotatable bonds is 12. The summed E-state index contributed by atoms with van der Waals surface area (Å²) >= 11 is 0. The molecule has 0 saturated heterocycles. The van der Waals surface area contributed by atoms with Crippen molar-refractivity contribution >= 4 is 0 Å². The first-order valence-electron chi connectivity index (χ1n) is 7.14. The van der Waals surface area contributed by atoms with Gasteiger partial charge in [0.25, 0.3) is 0 Å². The first-order valence-corrected chi connectivity index (χ1v) is 7.14. The molecule has 0 aromatic rings. The molecule has 0 bridgehead atoms. The molecule has 0 atom stereocenters. The first-order chi connectivity index (χ1) is 8.83. The predicted molar refractivity (Wildman–Crippen MR) is 75.2 cm³/mol. The molecule has 18 heavy (non-hydrogen) atoms. The van der Waals surface area contributed by atoms with E-state index in [2.05, 4.69) is 13.8 Å². The fourth-order valence-electron chi connectivity index (χ4n) is 1.02. The van der Waals surface area contributed by atoms with E-state index in [1.54, 1.807) is 0 Å². The van der Waals surface area contributed by atoms with Gasteiger partial charge >= 0.3 is 0 Å². The van der Waals surface area contributed by atoms with E-state index < -0.39 is 0 Å². The summed E-state index contributed by atoms with van der Waals surface area (Å²) in [5, 5.41) is 0. The lowest BCUT2D eigenvalue weighted by molar-refractivity contribution is 0.0483. The summed E-state index contributed by atoms with van der Waals surface area (Å²) in [6.45, 7) is 14.4. The summed E-state index contributed by atoms with van der Waals surface area (Å²) in [6, 6.07) is 0. The quantitative estimate of drug-likeness (QED) is 0.508. The zero-order valence-electron chi connectivity index (χ0n) is 12.7. The fraction of sp³-hybridized carbons (Fsp3) is 1.00. The lowest BCUT2D eigenvalue weighted by atomic mass is 10.5. The Kier molecular flexibility index (Phi) is 24.7. The average Bonchev–Trinajstić information content (AvgIpc) is 2.40. The second kappa shape index (κ2) is 22.1. The summed E-state index contributed by atoms with van der Waals surface area (Å²) in [5.74, 6) is 0. The standard InChI is InChI=1S/C8H18O2.C6H14O2/c1-3-5-9-7-8-10-6-4-2;1-3-7-5-6-8-4-2/h3-8H2,1-2H3;3-6H2,1-2H3. The van der Waals surface area contributed by atoms with Crippen molar-refractivity contribution in [2.24, 2.45) is 0 Å². The smallest absolute Gasteiger partial charge is 0.0700 e. The molecule has 4 nitrogen and oxygen atoms in total. The molecule has 0 aromatic heterocycles. The molecule has 0 amide bonds. The largest absolute Gasteiger partial charge is 0.379 e. The molecule has 112 valence electrons. The normalized spacial score (nSPS) is 10.0. The molecule has 0 fully saturated rings. The summed E-state index contributed by atoms with van der Waals surface area (Å²) in [4.78, 5) is 0. The highest BCUT2D eigenvalue weighted by Gasteiger charge is 1.85. The lowest BCUT2D eigenvalue weighted by Crippen LogP contribution is -2.04. The van der Waals surface area contributed by atoms with Gasteiger partial charge in [-0.05, 0) is 26.7 Å². The van der Waals surface area contributed by atoms with Crippen molar-refractivity contribution in [3.63, 3.8) is 0 Å². The van der Waals surface area contributed by atoms with Crippen molar-refractivity contribution in [2.45, 2.75) is 40.5 Å². The van der Waals surface area contributed by atoms with Crippen molar-refractivity contribution in [3.8, 4) is 0 Å². The van der Waals surface area contributed by atoms with Gasteiger partial charge in [0.05, 0.1) is 26.4 Å². The second-order valence-electron chi connectivity index (χ2n) is 3.62. The van der Waals surface area contributed by atoms with Gasteiger partial charge in [0.15, 0.2) is 0 Å². The van der Waals surface area contributed by atoms with Crippen molar-refractivity contribution in [1.82, 2.24) is 0 Å². The minimum Gasteiger partial charge on any atom is -0.379 e. The highest BCUT2D eigenvalue weighted by Crippen LogP contribution is 1.83. The van der Waals surface area contributed by atoms with Crippen LogP contribution in [0.5, 0.6) is 0 Å². The summed E-state index contributed by atoms with van der Waals surface area (Å²) < 4.78 is 20.4. The zero-order valence-corrected chi connectivity index (χ0v) is 12.7. The van der Waals surface area contributed by atoms with Crippen LogP contribution in [0.3, 0.4) is 0 Å². The van der Waals surface area contributed by atoms with Crippen molar-refractivity contribution in [2.75, 3.05) is 52.9 Å². The second-order valence-corrected chi connectivity index (χ2v) is 3.62. The molecular formula is C14H32O4. The number of hydrogen-bond acceptors (Lipinski definition) is 4. The van der Waals surface area contributed by atoms with Crippen molar-refractivity contribution in [1.29, 1.82) is 0 Å². The van der Waals surface area contributed by atoms with Gasteiger partial charge in [0, 0.05) is 26.4 Å². The SMILES string of the molecule is CCCOCCOCCC.CCOCCOCC. The van der Waals surface area contributed by atoms with Gasteiger partial charge in [-0.3, -0.25) is 0 Å². The summed E-state index contributed by atoms with van der Waals surface area (Å²) in [5.41, 5.74) is 0. The Hall–Kier alpha value is -0.160. The van der Waals surface area contributed by atoms with Crippen LogP contribution in [0.25, 0.3) is 0 Å². The molecule has 0 unspecified atom stereocenters. The molecule has 0 aliphatic carbocycles. The molecule has 0 N–H and O–H groups in total. The Balaban J connectivity index is 0. The minimum absolute atomic E-state index is 0.727. The predicted octanol–water partition coefficient (Wildman–Crippen LogP) is 2.90. The maximum absolute atomic E-state index is 5.20. The van der Waals surface area contributed by atoms with Gasteiger partial charge in [-0.1, -0.05) is 13.8 Å². The highest BCUT2D eigenvalue weighted by molar-refractivity contribution is 4.30. The monoisotopic (exact) mass is 264 g/mol. The molecule has 0 radical (unpaired) electrons. The van der Waals surface area contributed by atoms with Gasteiger partial charge in [-0.25, -0.2) is 0 Å². The molecular weight excluding hydrogens is 232 g/mol. The van der Waals surface area contributed by atoms with Crippen LogP contribution in [0, 0.1) is 0 Å². The van der Waals surface area contributed by atoms with Crippen molar-refractivity contribution < 1.29 is 18.9 Å². The zero-order chi connectivity index (χ0) is 13.9. The first kappa shape index (κ1) is 20.2. The van der Waals surface area contributed by atoms with Gasteiger partial charge < -0.3 is 18.9 Å². The van der Waals surface area contributed by atoms with E-state index in [1.807, 2.05) is 13.8 Å². The van der Waals surface area contributed by atoms with Crippen LogP contribution < -0.4 is 0 Å². The topological polar surface area (TPSA) is 36.9 Å². The van der Waals surface area contributed by atoms with Gasteiger partial charge in [-0.15, -0.1) is 0 Å². The van der Waals surface area contributed by atoms with Crippen LogP contribution in [0.15, 0.2) is 0 Å². The van der Waals surface area contributed by atoms with E-state index in [9.17, 15) is 0 Å². The summed E-state index contributed by atoms with van der Waals surface area (Å²) in [6.07, 6.45) is 2.18. The maximum Gasteiger partial charge on any atom is 0.0700 e. The molecule has 0 aliphatic rings. The van der Waals surface area contributed by atoms with Gasteiger partial charge in [0.1, 0.15) is 0 Å². The van der Waals surface area contributed by atoms with E-state index in [0.29, 0.717) is 0 Å². The Morgan fingerprint density at radius 1 is 0.444 bits per heavy atom. The molecule has 0 aromatic carbocycles. The molecule has 0 heterocycles. The maximum atomic E-state index is 5.20.